The summed E-state index contributed by atoms with van der Waals surface area (Å²) in [4.78, 5) is 15.9. The van der Waals surface area contributed by atoms with Crippen molar-refractivity contribution in [3.8, 4) is 0 Å². The van der Waals surface area contributed by atoms with Crippen molar-refractivity contribution >= 4 is 59.0 Å². The molecule has 0 aromatic carbocycles. The molecule has 0 aliphatic rings. The van der Waals surface area contributed by atoms with Gasteiger partial charge in [0.15, 0.2) is 0 Å². The van der Waals surface area contributed by atoms with Crippen LogP contribution in [0.5, 0.6) is 0 Å². The molecule has 0 radical (unpaired) electrons. The van der Waals surface area contributed by atoms with Crippen LogP contribution in [0.3, 0.4) is 0 Å². The predicted octanol–water partition coefficient (Wildman–Crippen LogP) is -1.49. The van der Waals surface area contributed by atoms with Gasteiger partial charge in [0, 0.05) is 0 Å². The molecule has 0 amide bonds. The van der Waals surface area contributed by atoms with E-state index in [0.717, 1.165) is 0 Å². The van der Waals surface area contributed by atoms with Crippen LogP contribution in [-0.2, 0) is 4.57 Å². The maximum atomic E-state index is 9.77. The monoisotopic (exact) mass is 166 g/mol. The molecule has 0 spiro atoms. The molecule has 0 aromatic rings. The Morgan fingerprint density at radius 1 is 1.38 bits per heavy atom. The number of hydrogen-bond acceptors (Lipinski definition) is 2. The zero-order chi connectivity index (χ0) is 5.91. The molecular weight excluding hydrogens is 158 g/mol. The average Bonchev–Trinajstić information content (AvgIpc) is 1.30. The van der Waals surface area contributed by atoms with Crippen molar-refractivity contribution in [3.63, 3.8) is 0 Å². The molecule has 0 bridgehead atoms. The van der Waals surface area contributed by atoms with Gasteiger partial charge in [-0.2, -0.15) is 0 Å². The Kier molecular flexibility index (Phi) is 8.58. The molecule has 0 aromatic heterocycles. The number of aliphatic hydroxyl groups excluding tert-OH is 1. The Balaban J connectivity index is 0. The van der Waals surface area contributed by atoms with Crippen LogP contribution in [0.2, 0.25) is 0 Å². The number of aliphatic hydroxyl groups is 1. The van der Waals surface area contributed by atoms with Gasteiger partial charge in [-0.05, 0) is 0 Å². The van der Waals surface area contributed by atoms with Gasteiger partial charge < -0.3 is 14.9 Å². The van der Waals surface area contributed by atoms with E-state index in [1.54, 1.807) is 0 Å². The third kappa shape index (κ3) is 10.7. The van der Waals surface area contributed by atoms with E-state index >= 15 is 0 Å². The first-order valence-corrected chi connectivity index (χ1v) is 3.51. The van der Waals surface area contributed by atoms with Gasteiger partial charge in [0.25, 0.3) is 0 Å². The van der Waals surface area contributed by atoms with Gasteiger partial charge in [-0.1, -0.05) is 0 Å². The molecule has 0 fully saturated rings. The number of rotatable bonds is 2. The van der Waals surface area contributed by atoms with Crippen molar-refractivity contribution in [1.82, 2.24) is 0 Å². The molecule has 6 heteroatoms. The molecular formula is C2H8KO4P. The van der Waals surface area contributed by atoms with Gasteiger partial charge in [-0.3, -0.25) is 4.57 Å². The van der Waals surface area contributed by atoms with Crippen LogP contribution in [0.25, 0.3) is 0 Å². The van der Waals surface area contributed by atoms with Crippen LogP contribution >= 0.6 is 7.60 Å². The summed E-state index contributed by atoms with van der Waals surface area (Å²) >= 11 is 0. The van der Waals surface area contributed by atoms with E-state index in [1.165, 1.54) is 0 Å². The van der Waals surface area contributed by atoms with Crippen LogP contribution in [0.1, 0.15) is 0 Å². The molecule has 0 saturated carbocycles. The van der Waals surface area contributed by atoms with Gasteiger partial charge in [0.2, 0.25) is 0 Å². The minimum atomic E-state index is -3.92. The molecule has 0 saturated heterocycles. The van der Waals surface area contributed by atoms with E-state index < -0.39 is 20.4 Å². The van der Waals surface area contributed by atoms with Crippen molar-refractivity contribution in [1.29, 1.82) is 0 Å². The summed E-state index contributed by atoms with van der Waals surface area (Å²) in [6.45, 7) is -0.454. The molecule has 0 heterocycles. The van der Waals surface area contributed by atoms with E-state index in [2.05, 4.69) is 0 Å². The summed E-state index contributed by atoms with van der Waals surface area (Å²) in [5, 5.41) is 7.91. The Morgan fingerprint density at radius 3 is 1.75 bits per heavy atom. The number of hydrogen-bond donors (Lipinski definition) is 3. The van der Waals surface area contributed by atoms with E-state index in [-0.39, 0.29) is 51.4 Å². The maximum absolute atomic E-state index is 9.77. The topological polar surface area (TPSA) is 77.8 Å². The zero-order valence-corrected chi connectivity index (χ0v) is 4.51. The zero-order valence-electron chi connectivity index (χ0n) is 3.61. The molecule has 46 valence electrons. The summed E-state index contributed by atoms with van der Waals surface area (Å²) in [5.41, 5.74) is 0. The van der Waals surface area contributed by atoms with Crippen molar-refractivity contribution < 1.29 is 19.5 Å². The van der Waals surface area contributed by atoms with Crippen LogP contribution < -0.4 is 0 Å². The van der Waals surface area contributed by atoms with Crippen LogP contribution in [0.4, 0.5) is 0 Å². The Bertz CT molecular complexity index is 88.0. The Hall–Kier alpha value is 1.75. The fraction of sp³-hybridized carbons (Fsp3) is 1.00. The third-order valence-electron chi connectivity index (χ3n) is 0.391. The third-order valence-corrected chi connectivity index (χ3v) is 1.17. The predicted molar refractivity (Wildman–Crippen MR) is 31.1 cm³/mol. The fourth-order valence-electron chi connectivity index (χ4n) is 0.130. The first kappa shape index (κ1) is 12.4. The van der Waals surface area contributed by atoms with Crippen molar-refractivity contribution in [2.75, 3.05) is 12.8 Å². The van der Waals surface area contributed by atoms with Gasteiger partial charge >= 0.3 is 59.0 Å². The quantitative estimate of drug-likeness (QED) is 0.345. The molecule has 0 atom stereocenters. The molecule has 0 aliphatic carbocycles. The summed E-state index contributed by atoms with van der Waals surface area (Å²) in [5.74, 6) is 0. The standard InChI is InChI=1S/C2H7O4P.K.H/c3-1-2-7(4,5)6;;/h3H,1-2H2,(H2,4,5,6);;. The first-order chi connectivity index (χ1) is 3.06. The van der Waals surface area contributed by atoms with Crippen molar-refractivity contribution in [2.45, 2.75) is 0 Å². The average molecular weight is 166 g/mol. The normalized spacial score (nSPS) is 10.4. The molecule has 3 N–H and O–H groups in total. The Labute approximate surface area is 89.9 Å². The van der Waals surface area contributed by atoms with Crippen molar-refractivity contribution in [2.24, 2.45) is 0 Å². The van der Waals surface area contributed by atoms with Crippen LogP contribution in [0.15, 0.2) is 0 Å². The second-order valence-corrected chi connectivity index (χ2v) is 2.89. The van der Waals surface area contributed by atoms with Crippen molar-refractivity contribution in [3.05, 3.63) is 0 Å². The van der Waals surface area contributed by atoms with E-state index in [1.807, 2.05) is 0 Å². The van der Waals surface area contributed by atoms with Gasteiger partial charge in [0.05, 0.1) is 12.8 Å². The summed E-state index contributed by atoms with van der Waals surface area (Å²) in [6, 6.07) is 0. The molecule has 0 rings (SSSR count). The fourth-order valence-corrected chi connectivity index (χ4v) is 0.391. The molecule has 0 unspecified atom stereocenters. The first-order valence-electron chi connectivity index (χ1n) is 1.72. The van der Waals surface area contributed by atoms with Crippen LogP contribution in [0, 0.1) is 0 Å². The molecule has 4 nitrogen and oxygen atoms in total. The SMILES string of the molecule is O=P(O)(O)CCO.[KH]. The van der Waals surface area contributed by atoms with Gasteiger partial charge in [-0.15, -0.1) is 0 Å². The summed E-state index contributed by atoms with van der Waals surface area (Å²) < 4.78 is 9.77. The van der Waals surface area contributed by atoms with E-state index in [0.29, 0.717) is 0 Å². The summed E-state index contributed by atoms with van der Waals surface area (Å²) in [7, 11) is -3.92. The van der Waals surface area contributed by atoms with Gasteiger partial charge in [-0.25, -0.2) is 0 Å². The molecule has 0 aliphatic heterocycles. The Morgan fingerprint density at radius 2 is 1.75 bits per heavy atom. The second kappa shape index (κ2) is 5.53. The summed E-state index contributed by atoms with van der Waals surface area (Å²) in [6.07, 6.45) is -0.438. The minimum absolute atomic E-state index is 0. The van der Waals surface area contributed by atoms with E-state index in [9.17, 15) is 4.57 Å². The van der Waals surface area contributed by atoms with Gasteiger partial charge in [0.1, 0.15) is 0 Å². The second-order valence-electron chi connectivity index (χ2n) is 1.11. The van der Waals surface area contributed by atoms with Crippen LogP contribution in [-0.4, -0.2) is 79.0 Å². The molecule has 8 heavy (non-hydrogen) atoms. The van der Waals surface area contributed by atoms with E-state index in [4.69, 9.17) is 14.9 Å².